The Hall–Kier alpha value is -2.81. The molecule has 3 rings (SSSR count). The average Bonchev–Trinajstić information content (AvgIpc) is 2.80. The molecule has 2 aromatic rings. The van der Waals surface area contributed by atoms with Crippen LogP contribution in [-0.2, 0) is 14.4 Å². The first-order chi connectivity index (χ1) is 10.6. The molecule has 1 aliphatic carbocycles. The van der Waals surface area contributed by atoms with Crippen molar-refractivity contribution in [1.82, 2.24) is 0 Å². The first kappa shape index (κ1) is 14.1. The highest BCUT2D eigenvalue weighted by Crippen LogP contribution is 2.38. The minimum absolute atomic E-state index is 0.344. The Morgan fingerprint density at radius 2 is 1.09 bits per heavy atom. The van der Waals surface area contributed by atoms with Gasteiger partial charge in [-0.1, -0.05) is 60.7 Å². The third-order valence-electron chi connectivity index (χ3n) is 3.80. The molecule has 0 aliphatic heterocycles. The van der Waals surface area contributed by atoms with Gasteiger partial charge in [-0.15, -0.1) is 0 Å². The van der Waals surface area contributed by atoms with E-state index in [1.165, 1.54) is 6.92 Å². The lowest BCUT2D eigenvalue weighted by Gasteiger charge is -2.05. The van der Waals surface area contributed by atoms with Crippen LogP contribution in [0.5, 0.6) is 0 Å². The van der Waals surface area contributed by atoms with Gasteiger partial charge in [-0.05, 0) is 18.1 Å². The van der Waals surface area contributed by atoms with Gasteiger partial charge in [-0.3, -0.25) is 14.4 Å². The maximum atomic E-state index is 12.6. The summed E-state index contributed by atoms with van der Waals surface area (Å²) in [5.74, 6) is -2.41. The molecule has 2 aromatic carbocycles. The molecule has 0 saturated carbocycles. The molecule has 22 heavy (non-hydrogen) atoms. The van der Waals surface area contributed by atoms with E-state index in [0.29, 0.717) is 22.3 Å². The number of benzene rings is 2. The predicted molar refractivity (Wildman–Crippen MR) is 83.9 cm³/mol. The summed E-state index contributed by atoms with van der Waals surface area (Å²) in [6.07, 6.45) is 0. The highest BCUT2D eigenvalue weighted by atomic mass is 16.2. The van der Waals surface area contributed by atoms with Crippen molar-refractivity contribution >= 4 is 28.5 Å². The smallest absolute Gasteiger partial charge is 0.182 e. The van der Waals surface area contributed by atoms with Gasteiger partial charge in [0.05, 0.1) is 0 Å². The topological polar surface area (TPSA) is 51.2 Å². The lowest BCUT2D eigenvalue weighted by molar-refractivity contribution is -0.133. The second kappa shape index (κ2) is 5.53. The van der Waals surface area contributed by atoms with E-state index >= 15 is 0 Å². The van der Waals surface area contributed by atoms with Crippen LogP contribution < -0.4 is 0 Å². The van der Waals surface area contributed by atoms with Crippen molar-refractivity contribution in [1.29, 1.82) is 0 Å². The molecular formula is C19H14O3. The van der Waals surface area contributed by atoms with E-state index in [-0.39, 0.29) is 0 Å². The Morgan fingerprint density at radius 1 is 0.727 bits per heavy atom. The molecule has 1 aliphatic rings. The van der Waals surface area contributed by atoms with E-state index in [0.717, 1.165) is 0 Å². The Bertz CT molecular complexity index is 724. The maximum Gasteiger partial charge on any atom is 0.182 e. The van der Waals surface area contributed by atoms with Gasteiger partial charge in [0.2, 0.25) is 0 Å². The lowest BCUT2D eigenvalue weighted by atomic mass is 9.96. The van der Waals surface area contributed by atoms with Gasteiger partial charge >= 0.3 is 0 Å². The molecule has 0 heterocycles. The Kier molecular flexibility index (Phi) is 3.55. The minimum Gasteiger partial charge on any atom is -0.299 e. The quantitative estimate of drug-likeness (QED) is 0.817. The van der Waals surface area contributed by atoms with E-state index in [9.17, 15) is 14.4 Å². The van der Waals surface area contributed by atoms with Crippen LogP contribution in [0.2, 0.25) is 0 Å². The van der Waals surface area contributed by atoms with Crippen LogP contribution in [0.1, 0.15) is 18.1 Å². The SMILES string of the molecule is CC(=O)C1C(=O)C(c2ccccc2)=C(c2ccccc2)C1=O. The van der Waals surface area contributed by atoms with Crippen molar-refractivity contribution in [3.8, 4) is 0 Å². The van der Waals surface area contributed by atoms with Crippen LogP contribution in [0.4, 0.5) is 0 Å². The molecule has 0 bridgehead atoms. The molecule has 0 radical (unpaired) electrons. The van der Waals surface area contributed by atoms with Crippen LogP contribution in [-0.4, -0.2) is 17.3 Å². The van der Waals surface area contributed by atoms with E-state index in [1.807, 2.05) is 36.4 Å². The van der Waals surface area contributed by atoms with Gasteiger partial charge < -0.3 is 0 Å². The molecule has 0 spiro atoms. The fourth-order valence-corrected chi connectivity index (χ4v) is 2.81. The maximum absolute atomic E-state index is 12.6. The number of ketones is 3. The second-order valence-corrected chi connectivity index (χ2v) is 5.25. The molecule has 3 nitrogen and oxygen atoms in total. The van der Waals surface area contributed by atoms with Crippen molar-refractivity contribution in [2.75, 3.05) is 0 Å². The molecule has 0 N–H and O–H groups in total. The minimum atomic E-state index is -1.20. The third kappa shape index (κ3) is 2.21. The Morgan fingerprint density at radius 3 is 1.41 bits per heavy atom. The Labute approximate surface area is 128 Å². The first-order valence-electron chi connectivity index (χ1n) is 7.05. The van der Waals surface area contributed by atoms with Crippen LogP contribution in [0, 0.1) is 5.92 Å². The van der Waals surface area contributed by atoms with Crippen molar-refractivity contribution in [3.63, 3.8) is 0 Å². The van der Waals surface area contributed by atoms with Gasteiger partial charge in [0.25, 0.3) is 0 Å². The summed E-state index contributed by atoms with van der Waals surface area (Å²) in [6, 6.07) is 18.1. The number of carbonyl (C=O) groups excluding carboxylic acids is 3. The molecule has 0 amide bonds. The monoisotopic (exact) mass is 290 g/mol. The van der Waals surface area contributed by atoms with E-state index in [2.05, 4.69) is 0 Å². The van der Waals surface area contributed by atoms with Crippen molar-refractivity contribution in [3.05, 3.63) is 71.8 Å². The molecule has 0 fully saturated rings. The zero-order valence-corrected chi connectivity index (χ0v) is 12.1. The van der Waals surface area contributed by atoms with Gasteiger partial charge in [-0.2, -0.15) is 0 Å². The fraction of sp³-hybridized carbons (Fsp3) is 0.105. The summed E-state index contributed by atoms with van der Waals surface area (Å²) < 4.78 is 0. The summed E-state index contributed by atoms with van der Waals surface area (Å²) in [4.78, 5) is 37.0. The number of Topliss-reactive ketones (excluding diaryl/α,β-unsaturated/α-hetero) is 3. The van der Waals surface area contributed by atoms with Gasteiger partial charge in [0, 0.05) is 11.1 Å². The number of hydrogen-bond acceptors (Lipinski definition) is 3. The number of hydrogen-bond donors (Lipinski definition) is 0. The van der Waals surface area contributed by atoms with Crippen LogP contribution >= 0.6 is 0 Å². The summed E-state index contributed by atoms with van der Waals surface area (Å²) in [6.45, 7) is 1.29. The lowest BCUT2D eigenvalue weighted by Crippen LogP contribution is -2.24. The van der Waals surface area contributed by atoms with Crippen LogP contribution in [0.3, 0.4) is 0 Å². The van der Waals surface area contributed by atoms with Crippen molar-refractivity contribution in [2.24, 2.45) is 5.92 Å². The van der Waals surface area contributed by atoms with Crippen molar-refractivity contribution in [2.45, 2.75) is 6.92 Å². The molecule has 0 saturated heterocycles. The first-order valence-corrected chi connectivity index (χ1v) is 7.05. The summed E-state index contributed by atoms with van der Waals surface area (Å²) >= 11 is 0. The highest BCUT2D eigenvalue weighted by Gasteiger charge is 2.44. The summed E-state index contributed by atoms with van der Waals surface area (Å²) in [5.41, 5.74) is 2.03. The van der Waals surface area contributed by atoms with Gasteiger partial charge in [0.1, 0.15) is 11.7 Å². The van der Waals surface area contributed by atoms with E-state index in [1.54, 1.807) is 24.3 Å². The van der Waals surface area contributed by atoms with Crippen LogP contribution in [0.25, 0.3) is 11.1 Å². The van der Waals surface area contributed by atoms with Gasteiger partial charge in [0.15, 0.2) is 11.6 Å². The van der Waals surface area contributed by atoms with Gasteiger partial charge in [-0.25, -0.2) is 0 Å². The standard InChI is InChI=1S/C19H14O3/c1-12(20)15-18(21)16(13-8-4-2-5-9-13)17(19(15)22)14-10-6-3-7-11-14/h2-11,15H,1H3. The summed E-state index contributed by atoms with van der Waals surface area (Å²) in [5, 5.41) is 0. The number of carbonyl (C=O) groups is 3. The Balaban J connectivity index is 2.26. The molecule has 3 heteroatoms. The zero-order valence-electron chi connectivity index (χ0n) is 12.1. The molecule has 0 atom stereocenters. The van der Waals surface area contributed by atoms with Crippen LogP contribution in [0.15, 0.2) is 60.7 Å². The molecule has 108 valence electrons. The largest absolute Gasteiger partial charge is 0.299 e. The normalized spacial score (nSPS) is 15.5. The summed E-state index contributed by atoms with van der Waals surface area (Å²) in [7, 11) is 0. The number of rotatable bonds is 3. The predicted octanol–water partition coefficient (Wildman–Crippen LogP) is 2.95. The van der Waals surface area contributed by atoms with Crippen molar-refractivity contribution < 1.29 is 14.4 Å². The highest BCUT2D eigenvalue weighted by molar-refractivity contribution is 6.56. The second-order valence-electron chi connectivity index (χ2n) is 5.25. The average molecular weight is 290 g/mol. The van der Waals surface area contributed by atoms with E-state index < -0.39 is 23.3 Å². The molecular weight excluding hydrogens is 276 g/mol. The zero-order chi connectivity index (χ0) is 15.7. The number of allylic oxidation sites excluding steroid dienone is 2. The van der Waals surface area contributed by atoms with E-state index in [4.69, 9.17) is 0 Å². The molecule has 0 unspecified atom stereocenters. The fourth-order valence-electron chi connectivity index (χ4n) is 2.81. The molecule has 0 aromatic heterocycles. The third-order valence-corrected chi connectivity index (χ3v) is 3.80.